The summed E-state index contributed by atoms with van der Waals surface area (Å²) in [6.07, 6.45) is 6.40. The number of hydrogen-bond donors (Lipinski definition) is 1. The first-order valence-electron chi connectivity index (χ1n) is 7.96. The molecule has 106 valence electrons. The Labute approximate surface area is 116 Å². The van der Waals surface area contributed by atoms with Gasteiger partial charge in [-0.25, -0.2) is 4.98 Å². The lowest BCUT2D eigenvalue weighted by Crippen LogP contribution is -2.26. The van der Waals surface area contributed by atoms with E-state index in [2.05, 4.69) is 30.7 Å². The van der Waals surface area contributed by atoms with Crippen LogP contribution in [0.2, 0.25) is 0 Å². The first-order valence-corrected chi connectivity index (χ1v) is 7.96. The van der Waals surface area contributed by atoms with Crippen molar-refractivity contribution in [1.29, 1.82) is 0 Å². The Morgan fingerprint density at radius 1 is 1.37 bits per heavy atom. The number of aromatic nitrogens is 2. The molecular formula is C16H27N3. The molecule has 3 heteroatoms. The average molecular weight is 261 g/mol. The van der Waals surface area contributed by atoms with Gasteiger partial charge < -0.3 is 9.88 Å². The van der Waals surface area contributed by atoms with E-state index in [1.807, 2.05) is 0 Å². The lowest BCUT2D eigenvalue weighted by atomic mass is 10.0. The van der Waals surface area contributed by atoms with Crippen molar-refractivity contribution in [2.45, 2.75) is 65.5 Å². The van der Waals surface area contributed by atoms with Crippen molar-refractivity contribution in [3.05, 3.63) is 17.2 Å². The molecule has 1 saturated carbocycles. The van der Waals surface area contributed by atoms with Crippen LogP contribution in [0.4, 0.5) is 0 Å². The highest BCUT2D eigenvalue weighted by Crippen LogP contribution is 2.38. The maximum absolute atomic E-state index is 4.97. The van der Waals surface area contributed by atoms with Crippen molar-refractivity contribution in [2.75, 3.05) is 6.54 Å². The number of nitrogens with one attached hydrogen (secondary N) is 1. The van der Waals surface area contributed by atoms with Crippen molar-refractivity contribution in [3.8, 4) is 0 Å². The van der Waals surface area contributed by atoms with Gasteiger partial charge in [-0.15, -0.1) is 0 Å². The van der Waals surface area contributed by atoms with Crippen LogP contribution in [0.5, 0.6) is 0 Å². The fraction of sp³-hybridized carbons (Fsp3) is 0.812. The van der Waals surface area contributed by atoms with E-state index >= 15 is 0 Å². The highest BCUT2D eigenvalue weighted by atomic mass is 15.1. The summed E-state index contributed by atoms with van der Waals surface area (Å²) in [6, 6.07) is 0.711. The summed E-state index contributed by atoms with van der Waals surface area (Å²) in [5.41, 5.74) is 2.86. The Bertz CT molecular complexity index is 447. The predicted molar refractivity (Wildman–Crippen MR) is 78.2 cm³/mol. The summed E-state index contributed by atoms with van der Waals surface area (Å²) in [7, 11) is 0. The molecule has 1 aliphatic heterocycles. The molecule has 2 unspecified atom stereocenters. The third kappa shape index (κ3) is 2.45. The van der Waals surface area contributed by atoms with E-state index in [0.717, 1.165) is 31.8 Å². The molecule has 0 bridgehead atoms. The number of fused-ring (bicyclic) bond motifs is 1. The summed E-state index contributed by atoms with van der Waals surface area (Å²) < 4.78 is 2.65. The van der Waals surface area contributed by atoms with Crippen molar-refractivity contribution in [2.24, 2.45) is 11.8 Å². The number of nitrogens with zero attached hydrogens (tertiary/aromatic N) is 2. The van der Waals surface area contributed by atoms with Crippen LogP contribution >= 0.6 is 0 Å². The van der Waals surface area contributed by atoms with Gasteiger partial charge in [0.1, 0.15) is 5.82 Å². The predicted octanol–water partition coefficient (Wildman–Crippen LogP) is 3.09. The summed E-state index contributed by atoms with van der Waals surface area (Å²) in [6.45, 7) is 9.10. The number of hydrogen-bond acceptors (Lipinski definition) is 2. The smallest absolute Gasteiger partial charge is 0.109 e. The third-order valence-electron chi connectivity index (χ3n) is 4.74. The van der Waals surface area contributed by atoms with Gasteiger partial charge in [0.05, 0.1) is 5.69 Å². The quantitative estimate of drug-likeness (QED) is 0.906. The van der Waals surface area contributed by atoms with E-state index in [1.54, 1.807) is 0 Å². The summed E-state index contributed by atoms with van der Waals surface area (Å²) in [4.78, 5) is 4.97. The Balaban J connectivity index is 2.00. The molecule has 0 radical (unpaired) electrons. The van der Waals surface area contributed by atoms with E-state index in [0.29, 0.717) is 12.0 Å². The lowest BCUT2D eigenvalue weighted by Gasteiger charge is -2.25. The summed E-state index contributed by atoms with van der Waals surface area (Å²) in [5.74, 6) is 2.86. The second-order valence-electron chi connectivity index (χ2n) is 6.79. The van der Waals surface area contributed by atoms with Gasteiger partial charge in [-0.3, -0.25) is 0 Å². The largest absolute Gasteiger partial charge is 0.328 e. The zero-order chi connectivity index (χ0) is 13.4. The van der Waals surface area contributed by atoms with Crippen LogP contribution in [0.25, 0.3) is 0 Å². The van der Waals surface area contributed by atoms with E-state index in [9.17, 15) is 0 Å². The molecule has 3 nitrogen and oxygen atoms in total. The molecule has 0 spiro atoms. The van der Waals surface area contributed by atoms with Gasteiger partial charge in [0.15, 0.2) is 0 Å². The fourth-order valence-corrected chi connectivity index (χ4v) is 3.80. The lowest BCUT2D eigenvalue weighted by molar-refractivity contribution is 0.378. The Hall–Kier alpha value is -0.830. The third-order valence-corrected chi connectivity index (χ3v) is 4.74. The maximum Gasteiger partial charge on any atom is 0.109 e. The summed E-state index contributed by atoms with van der Waals surface area (Å²) >= 11 is 0. The van der Waals surface area contributed by atoms with E-state index in [4.69, 9.17) is 4.98 Å². The fourth-order valence-electron chi connectivity index (χ4n) is 3.80. The second-order valence-corrected chi connectivity index (χ2v) is 6.79. The van der Waals surface area contributed by atoms with Gasteiger partial charge in [-0.1, -0.05) is 27.2 Å². The second kappa shape index (κ2) is 5.28. The van der Waals surface area contributed by atoms with Crippen LogP contribution in [0.1, 0.15) is 63.3 Å². The van der Waals surface area contributed by atoms with Gasteiger partial charge >= 0.3 is 0 Å². The van der Waals surface area contributed by atoms with Crippen LogP contribution in [0.15, 0.2) is 0 Å². The molecule has 0 amide bonds. The van der Waals surface area contributed by atoms with Crippen molar-refractivity contribution in [3.63, 3.8) is 0 Å². The molecule has 3 rings (SSSR count). The van der Waals surface area contributed by atoms with Crippen LogP contribution in [-0.2, 0) is 19.4 Å². The first kappa shape index (κ1) is 13.2. The molecule has 0 aromatic carbocycles. The van der Waals surface area contributed by atoms with Crippen LogP contribution in [0.3, 0.4) is 0 Å². The highest BCUT2D eigenvalue weighted by Gasteiger charge is 2.31. The zero-order valence-corrected chi connectivity index (χ0v) is 12.6. The van der Waals surface area contributed by atoms with Crippen molar-refractivity contribution in [1.82, 2.24) is 14.9 Å². The van der Waals surface area contributed by atoms with Crippen LogP contribution < -0.4 is 5.32 Å². The Kier molecular flexibility index (Phi) is 3.66. The molecule has 2 heterocycles. The standard InChI is InChI=1S/C16H27N3/c1-11(2)9-16-18-13-10-17-8-7-15(13)19(16)14-6-4-5-12(14)3/h11-12,14,17H,4-10H2,1-3H3. The minimum Gasteiger partial charge on any atom is -0.328 e. The molecular weight excluding hydrogens is 234 g/mol. The molecule has 1 aromatic heterocycles. The molecule has 2 atom stereocenters. The van der Waals surface area contributed by atoms with Crippen molar-refractivity contribution < 1.29 is 0 Å². The first-order chi connectivity index (χ1) is 9.16. The molecule has 0 saturated heterocycles. The molecule has 19 heavy (non-hydrogen) atoms. The van der Waals surface area contributed by atoms with Gasteiger partial charge in [-0.2, -0.15) is 0 Å². The molecule has 1 aromatic rings. The number of imidazole rings is 1. The van der Waals surface area contributed by atoms with E-state index in [1.165, 1.54) is 36.5 Å². The van der Waals surface area contributed by atoms with E-state index in [-0.39, 0.29) is 0 Å². The zero-order valence-electron chi connectivity index (χ0n) is 12.6. The minimum absolute atomic E-state index is 0.687. The minimum atomic E-state index is 0.687. The van der Waals surface area contributed by atoms with E-state index < -0.39 is 0 Å². The Morgan fingerprint density at radius 3 is 2.89 bits per heavy atom. The van der Waals surface area contributed by atoms with Gasteiger partial charge in [0, 0.05) is 37.7 Å². The Morgan fingerprint density at radius 2 is 2.21 bits per heavy atom. The van der Waals surface area contributed by atoms with Crippen LogP contribution in [-0.4, -0.2) is 16.1 Å². The SMILES string of the molecule is CC(C)Cc1nc2c(n1C1CCCC1C)CCNC2. The van der Waals surface area contributed by atoms with Crippen LogP contribution in [0, 0.1) is 11.8 Å². The molecule has 1 fully saturated rings. The van der Waals surface area contributed by atoms with Crippen molar-refractivity contribution >= 4 is 0 Å². The maximum atomic E-state index is 4.97. The highest BCUT2D eigenvalue weighted by molar-refractivity contribution is 5.22. The monoisotopic (exact) mass is 261 g/mol. The topological polar surface area (TPSA) is 29.9 Å². The van der Waals surface area contributed by atoms with Gasteiger partial charge in [0.25, 0.3) is 0 Å². The number of rotatable bonds is 3. The normalized spacial score (nSPS) is 26.9. The molecule has 1 aliphatic carbocycles. The van der Waals surface area contributed by atoms with Gasteiger partial charge in [-0.05, 0) is 24.7 Å². The molecule has 2 aliphatic rings. The molecule has 1 N–H and O–H groups in total. The van der Waals surface area contributed by atoms with Gasteiger partial charge in [0.2, 0.25) is 0 Å². The summed E-state index contributed by atoms with van der Waals surface area (Å²) in [5, 5.41) is 3.46. The average Bonchev–Trinajstić information content (AvgIpc) is 2.91.